The third-order valence-electron chi connectivity index (χ3n) is 4.93. The van der Waals surface area contributed by atoms with Crippen molar-refractivity contribution in [3.05, 3.63) is 40.3 Å². The SMILES string of the molecule is CCCCC(C(=O)NC(C)(C)C)N(Cc1cccs1)C(=O)Cn1nnc(-c2ccc(C)o2)n1. The highest BCUT2D eigenvalue weighted by atomic mass is 32.1. The molecule has 0 aliphatic carbocycles. The van der Waals surface area contributed by atoms with Gasteiger partial charge in [-0.3, -0.25) is 9.59 Å². The van der Waals surface area contributed by atoms with Crippen LogP contribution in [0.2, 0.25) is 0 Å². The number of tetrazole rings is 1. The van der Waals surface area contributed by atoms with E-state index in [9.17, 15) is 9.59 Å². The zero-order chi connectivity index (χ0) is 24.0. The summed E-state index contributed by atoms with van der Waals surface area (Å²) >= 11 is 1.56. The highest BCUT2D eigenvalue weighted by Gasteiger charge is 2.32. The number of amides is 2. The molecule has 3 aromatic rings. The second-order valence-electron chi connectivity index (χ2n) is 9.05. The maximum Gasteiger partial charge on any atom is 0.247 e. The zero-order valence-electron chi connectivity index (χ0n) is 19.9. The van der Waals surface area contributed by atoms with Crippen molar-refractivity contribution in [3.8, 4) is 11.6 Å². The molecule has 0 saturated heterocycles. The second-order valence-corrected chi connectivity index (χ2v) is 10.1. The molecule has 0 fully saturated rings. The van der Waals surface area contributed by atoms with E-state index in [2.05, 4.69) is 27.7 Å². The van der Waals surface area contributed by atoms with Crippen molar-refractivity contribution >= 4 is 23.2 Å². The van der Waals surface area contributed by atoms with E-state index in [-0.39, 0.29) is 18.4 Å². The Morgan fingerprint density at radius 3 is 2.67 bits per heavy atom. The van der Waals surface area contributed by atoms with Crippen LogP contribution in [-0.2, 0) is 22.7 Å². The Hall–Kier alpha value is -3.01. The fourth-order valence-corrected chi connectivity index (χ4v) is 4.10. The molecule has 0 saturated carbocycles. The first-order valence-corrected chi connectivity index (χ1v) is 12.0. The molecule has 178 valence electrons. The van der Waals surface area contributed by atoms with E-state index in [1.807, 2.05) is 51.3 Å². The van der Waals surface area contributed by atoms with Gasteiger partial charge in [-0.25, -0.2) is 0 Å². The van der Waals surface area contributed by atoms with Gasteiger partial charge >= 0.3 is 0 Å². The van der Waals surface area contributed by atoms with Crippen molar-refractivity contribution in [1.29, 1.82) is 0 Å². The minimum atomic E-state index is -0.588. The van der Waals surface area contributed by atoms with Crippen molar-refractivity contribution in [2.45, 2.75) is 78.6 Å². The Morgan fingerprint density at radius 2 is 2.06 bits per heavy atom. The van der Waals surface area contributed by atoms with Gasteiger partial charge in [-0.2, -0.15) is 4.80 Å². The lowest BCUT2D eigenvalue weighted by Crippen LogP contribution is -2.54. The first-order chi connectivity index (χ1) is 15.7. The van der Waals surface area contributed by atoms with E-state index in [1.165, 1.54) is 4.80 Å². The van der Waals surface area contributed by atoms with Crippen molar-refractivity contribution < 1.29 is 14.0 Å². The van der Waals surface area contributed by atoms with Crippen molar-refractivity contribution in [2.75, 3.05) is 0 Å². The molecule has 0 aromatic carbocycles. The van der Waals surface area contributed by atoms with Crippen molar-refractivity contribution in [2.24, 2.45) is 0 Å². The molecular weight excluding hydrogens is 440 g/mol. The molecule has 3 aromatic heterocycles. The maximum absolute atomic E-state index is 13.5. The average Bonchev–Trinajstić information content (AvgIpc) is 3.48. The molecule has 1 atom stereocenters. The van der Waals surface area contributed by atoms with E-state index in [4.69, 9.17) is 4.42 Å². The van der Waals surface area contributed by atoms with Crippen molar-refractivity contribution in [1.82, 2.24) is 30.4 Å². The van der Waals surface area contributed by atoms with Gasteiger partial charge in [-0.05, 0) is 62.9 Å². The topological polar surface area (TPSA) is 106 Å². The number of hydrogen-bond acceptors (Lipinski definition) is 7. The number of carbonyl (C=O) groups is 2. The Balaban J connectivity index is 1.83. The minimum absolute atomic E-state index is 0.122. The number of thiophene rings is 1. The summed E-state index contributed by atoms with van der Waals surface area (Å²) in [7, 11) is 0. The maximum atomic E-state index is 13.5. The smallest absolute Gasteiger partial charge is 0.247 e. The lowest BCUT2D eigenvalue weighted by molar-refractivity contribution is -0.143. The highest BCUT2D eigenvalue weighted by Crippen LogP contribution is 2.20. The molecule has 1 N–H and O–H groups in total. The Bertz CT molecular complexity index is 1050. The molecule has 3 heterocycles. The van der Waals surface area contributed by atoms with E-state index in [0.29, 0.717) is 24.6 Å². The molecule has 10 heteroatoms. The summed E-state index contributed by atoms with van der Waals surface area (Å²) in [4.78, 5) is 30.6. The van der Waals surface area contributed by atoms with Crippen LogP contribution in [0, 0.1) is 6.92 Å². The quantitative estimate of drug-likeness (QED) is 0.481. The minimum Gasteiger partial charge on any atom is -0.458 e. The lowest BCUT2D eigenvalue weighted by atomic mass is 10.0. The first-order valence-electron chi connectivity index (χ1n) is 11.1. The highest BCUT2D eigenvalue weighted by molar-refractivity contribution is 7.09. The van der Waals surface area contributed by atoms with Crippen LogP contribution in [-0.4, -0.2) is 48.5 Å². The Kier molecular flexibility index (Phi) is 8.01. The number of hydrogen-bond donors (Lipinski definition) is 1. The summed E-state index contributed by atoms with van der Waals surface area (Å²) in [6.45, 7) is 9.93. The fraction of sp³-hybridized carbons (Fsp3) is 0.522. The molecule has 0 aliphatic heterocycles. The predicted molar refractivity (Wildman–Crippen MR) is 126 cm³/mol. The molecule has 2 amide bonds. The number of aryl methyl sites for hydroxylation is 1. The summed E-state index contributed by atoms with van der Waals surface area (Å²) in [6.07, 6.45) is 2.34. The van der Waals surface area contributed by atoms with Gasteiger partial charge < -0.3 is 14.6 Å². The summed E-state index contributed by atoms with van der Waals surface area (Å²) < 4.78 is 5.54. The van der Waals surface area contributed by atoms with E-state index in [1.54, 1.807) is 22.3 Å². The van der Waals surface area contributed by atoms with Crippen LogP contribution in [0.25, 0.3) is 11.6 Å². The molecule has 9 nitrogen and oxygen atoms in total. The summed E-state index contributed by atoms with van der Waals surface area (Å²) in [5.74, 6) is 1.15. The lowest BCUT2D eigenvalue weighted by Gasteiger charge is -2.33. The largest absolute Gasteiger partial charge is 0.458 e. The molecule has 0 spiro atoms. The third-order valence-corrected chi connectivity index (χ3v) is 5.79. The van der Waals surface area contributed by atoms with Crippen LogP contribution >= 0.6 is 11.3 Å². The fourth-order valence-electron chi connectivity index (χ4n) is 3.40. The van der Waals surface area contributed by atoms with Crippen LogP contribution in [0.15, 0.2) is 34.1 Å². The number of furan rings is 1. The first kappa shape index (κ1) is 24.6. The molecular formula is C23H32N6O3S. The number of nitrogens with one attached hydrogen (secondary N) is 1. The van der Waals surface area contributed by atoms with Gasteiger partial charge in [-0.1, -0.05) is 25.8 Å². The molecule has 0 bridgehead atoms. The summed E-state index contributed by atoms with van der Waals surface area (Å²) in [6, 6.07) is 6.90. The van der Waals surface area contributed by atoms with Crippen LogP contribution in [0.4, 0.5) is 0 Å². The van der Waals surface area contributed by atoms with Crippen LogP contribution in [0.1, 0.15) is 57.6 Å². The number of nitrogens with zero attached hydrogens (tertiary/aromatic N) is 5. The zero-order valence-corrected chi connectivity index (χ0v) is 20.7. The second kappa shape index (κ2) is 10.7. The number of rotatable bonds is 10. The van der Waals surface area contributed by atoms with E-state index >= 15 is 0 Å². The normalized spacial score (nSPS) is 12.5. The summed E-state index contributed by atoms with van der Waals surface area (Å²) in [5.41, 5.74) is -0.400. The van der Waals surface area contributed by atoms with Gasteiger partial charge in [0.25, 0.3) is 0 Å². The average molecular weight is 473 g/mol. The van der Waals surface area contributed by atoms with E-state index in [0.717, 1.165) is 23.5 Å². The monoisotopic (exact) mass is 472 g/mol. The van der Waals surface area contributed by atoms with Crippen LogP contribution in [0.3, 0.4) is 0 Å². The molecule has 1 unspecified atom stereocenters. The molecule has 3 rings (SSSR count). The van der Waals surface area contributed by atoms with Gasteiger partial charge in [0.15, 0.2) is 5.76 Å². The van der Waals surface area contributed by atoms with Gasteiger partial charge in [0.2, 0.25) is 17.6 Å². The summed E-state index contributed by atoms with van der Waals surface area (Å²) in [5, 5.41) is 17.3. The van der Waals surface area contributed by atoms with E-state index < -0.39 is 11.6 Å². The Morgan fingerprint density at radius 1 is 1.27 bits per heavy atom. The van der Waals surface area contributed by atoms with Crippen LogP contribution < -0.4 is 5.32 Å². The number of carbonyl (C=O) groups excluding carboxylic acids is 2. The number of aromatic nitrogens is 4. The standard InChI is InChI=1S/C23H32N6O3S/c1-6-7-10-18(22(31)24-23(3,4)5)28(14-17-9-8-13-33-17)20(30)15-29-26-21(25-27-29)19-12-11-16(2)32-19/h8-9,11-13,18H,6-7,10,14-15H2,1-5H3,(H,24,31). The predicted octanol–water partition coefficient (Wildman–Crippen LogP) is 3.81. The van der Waals surface area contributed by atoms with Gasteiger partial charge in [0, 0.05) is 10.4 Å². The van der Waals surface area contributed by atoms with Gasteiger partial charge in [0.05, 0.1) is 6.54 Å². The van der Waals surface area contributed by atoms with Crippen molar-refractivity contribution in [3.63, 3.8) is 0 Å². The van der Waals surface area contributed by atoms with Gasteiger partial charge in [-0.15, -0.1) is 21.5 Å². The molecule has 33 heavy (non-hydrogen) atoms. The van der Waals surface area contributed by atoms with Gasteiger partial charge in [0.1, 0.15) is 18.3 Å². The number of unbranched alkanes of at least 4 members (excludes halogenated alkanes) is 1. The molecule has 0 aliphatic rings. The third kappa shape index (κ3) is 6.98. The Labute approximate surface area is 198 Å². The van der Waals surface area contributed by atoms with Crippen LogP contribution in [0.5, 0.6) is 0 Å². The molecule has 0 radical (unpaired) electrons.